The van der Waals surface area contributed by atoms with Gasteiger partial charge in [0.05, 0.1) is 11.2 Å². The van der Waals surface area contributed by atoms with Crippen LogP contribution in [0.4, 0.5) is 5.69 Å². The largest absolute Gasteiger partial charge is 0.328 e. The molecule has 1 amide bonds. The Labute approximate surface area is 136 Å². The van der Waals surface area contributed by atoms with Gasteiger partial charge in [-0.1, -0.05) is 0 Å². The number of hydrogen-bond acceptors (Lipinski definition) is 4. The van der Waals surface area contributed by atoms with Crippen LogP contribution in [0.5, 0.6) is 0 Å². The van der Waals surface area contributed by atoms with Crippen LogP contribution in [-0.4, -0.2) is 41.3 Å². The Bertz CT molecular complexity index is 753. The summed E-state index contributed by atoms with van der Waals surface area (Å²) in [4.78, 5) is 15.9. The number of nitrogens with one attached hydrogen (secondary N) is 1. The van der Waals surface area contributed by atoms with Crippen LogP contribution in [0.15, 0.2) is 47.9 Å². The molecule has 0 radical (unpaired) electrons. The lowest BCUT2D eigenvalue weighted by Crippen LogP contribution is -2.33. The first-order chi connectivity index (χ1) is 10.8. The Morgan fingerprint density at radius 1 is 1.30 bits per heavy atom. The molecule has 0 spiro atoms. The van der Waals surface area contributed by atoms with Crippen molar-refractivity contribution in [3.8, 4) is 0 Å². The topological polar surface area (TPSA) is 84.3 Å². The SMILES string of the molecule is CC(C)N(C)S(=O)(=O)c1ccc(NC(=O)Cn2ccnc2)cc1. The molecule has 0 bridgehead atoms. The smallest absolute Gasteiger partial charge is 0.244 e. The fourth-order valence-electron chi connectivity index (χ4n) is 1.90. The second-order valence-electron chi connectivity index (χ2n) is 5.42. The molecule has 8 heteroatoms. The lowest BCUT2D eigenvalue weighted by atomic mass is 10.3. The number of imidazole rings is 1. The van der Waals surface area contributed by atoms with E-state index in [0.29, 0.717) is 5.69 Å². The van der Waals surface area contributed by atoms with E-state index in [4.69, 9.17) is 0 Å². The maximum Gasteiger partial charge on any atom is 0.244 e. The van der Waals surface area contributed by atoms with Crippen LogP contribution in [0.2, 0.25) is 0 Å². The maximum atomic E-state index is 12.3. The average molecular weight is 336 g/mol. The van der Waals surface area contributed by atoms with Crippen molar-refractivity contribution in [1.82, 2.24) is 13.9 Å². The maximum absolute atomic E-state index is 12.3. The summed E-state index contributed by atoms with van der Waals surface area (Å²) in [5, 5.41) is 2.71. The first kappa shape index (κ1) is 17.2. The van der Waals surface area contributed by atoms with Crippen molar-refractivity contribution in [3.05, 3.63) is 43.0 Å². The van der Waals surface area contributed by atoms with Crippen LogP contribution in [0.3, 0.4) is 0 Å². The lowest BCUT2D eigenvalue weighted by molar-refractivity contribution is -0.116. The van der Waals surface area contributed by atoms with Crippen molar-refractivity contribution in [2.75, 3.05) is 12.4 Å². The molecule has 124 valence electrons. The molecule has 0 fully saturated rings. The predicted octanol–water partition coefficient (Wildman–Crippen LogP) is 1.55. The first-order valence-electron chi connectivity index (χ1n) is 7.14. The van der Waals surface area contributed by atoms with Crippen LogP contribution in [0, 0.1) is 0 Å². The molecule has 0 unspecified atom stereocenters. The van der Waals surface area contributed by atoms with E-state index >= 15 is 0 Å². The monoisotopic (exact) mass is 336 g/mol. The molecule has 1 aromatic carbocycles. The first-order valence-corrected chi connectivity index (χ1v) is 8.58. The third kappa shape index (κ3) is 4.17. The van der Waals surface area contributed by atoms with E-state index in [-0.39, 0.29) is 23.4 Å². The molecule has 0 atom stereocenters. The molecular formula is C15H20N4O3S. The van der Waals surface area contributed by atoms with Gasteiger partial charge in [0.25, 0.3) is 0 Å². The van der Waals surface area contributed by atoms with Crippen molar-refractivity contribution < 1.29 is 13.2 Å². The Balaban J connectivity index is 2.06. The molecule has 1 N–H and O–H groups in total. The highest BCUT2D eigenvalue weighted by atomic mass is 32.2. The van der Waals surface area contributed by atoms with Gasteiger partial charge in [-0.3, -0.25) is 4.79 Å². The van der Waals surface area contributed by atoms with Gasteiger partial charge in [-0.25, -0.2) is 13.4 Å². The highest BCUT2D eigenvalue weighted by molar-refractivity contribution is 7.89. The molecule has 2 aromatic rings. The summed E-state index contributed by atoms with van der Waals surface area (Å²) in [6.45, 7) is 3.76. The molecule has 1 aromatic heterocycles. The Kier molecular flexibility index (Phi) is 5.17. The van der Waals surface area contributed by atoms with Crippen molar-refractivity contribution >= 4 is 21.6 Å². The van der Waals surface area contributed by atoms with Crippen molar-refractivity contribution in [2.45, 2.75) is 31.3 Å². The Morgan fingerprint density at radius 3 is 2.48 bits per heavy atom. The van der Waals surface area contributed by atoms with Gasteiger partial charge >= 0.3 is 0 Å². The summed E-state index contributed by atoms with van der Waals surface area (Å²) >= 11 is 0. The second-order valence-corrected chi connectivity index (χ2v) is 7.42. The van der Waals surface area contributed by atoms with Gasteiger partial charge in [0, 0.05) is 31.2 Å². The number of anilines is 1. The molecular weight excluding hydrogens is 316 g/mol. The van der Waals surface area contributed by atoms with Gasteiger partial charge in [0.15, 0.2) is 0 Å². The van der Waals surface area contributed by atoms with Crippen LogP contribution in [0.1, 0.15) is 13.8 Å². The van der Waals surface area contributed by atoms with E-state index in [1.807, 2.05) is 13.8 Å². The highest BCUT2D eigenvalue weighted by Crippen LogP contribution is 2.19. The standard InChI is InChI=1S/C15H20N4O3S/c1-12(2)18(3)23(21,22)14-6-4-13(5-7-14)17-15(20)10-19-9-8-16-11-19/h4-9,11-12H,10H2,1-3H3,(H,17,20). The molecule has 0 aliphatic heterocycles. The zero-order valence-corrected chi connectivity index (χ0v) is 14.1. The summed E-state index contributed by atoms with van der Waals surface area (Å²) in [5.41, 5.74) is 0.543. The number of sulfonamides is 1. The molecule has 0 saturated carbocycles. The summed E-state index contributed by atoms with van der Waals surface area (Å²) in [5.74, 6) is -0.210. The molecule has 0 aliphatic carbocycles. The zero-order chi connectivity index (χ0) is 17.0. The number of nitrogens with zero attached hydrogens (tertiary/aromatic N) is 3. The van der Waals surface area contributed by atoms with Gasteiger partial charge < -0.3 is 9.88 Å². The minimum Gasteiger partial charge on any atom is -0.328 e. The molecule has 7 nitrogen and oxygen atoms in total. The van der Waals surface area contributed by atoms with Gasteiger partial charge in [-0.2, -0.15) is 4.31 Å². The van der Waals surface area contributed by atoms with E-state index in [1.54, 1.807) is 42.5 Å². The number of hydrogen-bond donors (Lipinski definition) is 1. The zero-order valence-electron chi connectivity index (χ0n) is 13.3. The number of aromatic nitrogens is 2. The molecule has 1 heterocycles. The van der Waals surface area contributed by atoms with Crippen LogP contribution in [-0.2, 0) is 21.4 Å². The Hall–Kier alpha value is -2.19. The number of carbonyl (C=O) groups excluding carboxylic acids is 1. The number of rotatable bonds is 6. The third-order valence-electron chi connectivity index (χ3n) is 3.43. The summed E-state index contributed by atoms with van der Waals surface area (Å²) in [7, 11) is -1.97. The van der Waals surface area contributed by atoms with Gasteiger partial charge in [0.2, 0.25) is 15.9 Å². The minimum atomic E-state index is -3.52. The quantitative estimate of drug-likeness (QED) is 0.867. The van der Waals surface area contributed by atoms with E-state index in [1.165, 1.54) is 16.4 Å². The number of amides is 1. The average Bonchev–Trinajstić information content (AvgIpc) is 2.99. The van der Waals surface area contributed by atoms with E-state index in [9.17, 15) is 13.2 Å². The normalized spacial score (nSPS) is 11.9. The predicted molar refractivity (Wildman–Crippen MR) is 87.4 cm³/mol. The van der Waals surface area contributed by atoms with Crippen LogP contribution < -0.4 is 5.32 Å². The fourth-order valence-corrected chi connectivity index (χ4v) is 3.27. The van der Waals surface area contributed by atoms with Gasteiger partial charge in [0.1, 0.15) is 6.54 Å². The molecule has 23 heavy (non-hydrogen) atoms. The summed E-state index contributed by atoms with van der Waals surface area (Å²) in [6.07, 6.45) is 4.84. The van der Waals surface area contributed by atoms with Crippen LogP contribution in [0.25, 0.3) is 0 Å². The van der Waals surface area contributed by atoms with Crippen LogP contribution >= 0.6 is 0 Å². The number of carbonyl (C=O) groups is 1. The van der Waals surface area contributed by atoms with Crippen molar-refractivity contribution in [1.29, 1.82) is 0 Å². The third-order valence-corrected chi connectivity index (χ3v) is 5.48. The van der Waals surface area contributed by atoms with E-state index in [0.717, 1.165) is 0 Å². The minimum absolute atomic E-state index is 0.130. The lowest BCUT2D eigenvalue weighted by Gasteiger charge is -2.21. The second kappa shape index (κ2) is 6.93. The fraction of sp³-hybridized carbons (Fsp3) is 0.333. The highest BCUT2D eigenvalue weighted by Gasteiger charge is 2.22. The van der Waals surface area contributed by atoms with Crippen molar-refractivity contribution in [3.63, 3.8) is 0 Å². The van der Waals surface area contributed by atoms with E-state index in [2.05, 4.69) is 10.3 Å². The molecule has 2 rings (SSSR count). The van der Waals surface area contributed by atoms with Gasteiger partial charge in [-0.15, -0.1) is 0 Å². The summed E-state index contributed by atoms with van der Waals surface area (Å²) in [6, 6.07) is 6.00. The Morgan fingerprint density at radius 2 is 1.96 bits per heavy atom. The van der Waals surface area contributed by atoms with Crippen molar-refractivity contribution in [2.24, 2.45) is 0 Å². The molecule has 0 aliphatic rings. The number of benzene rings is 1. The van der Waals surface area contributed by atoms with E-state index < -0.39 is 10.0 Å². The summed E-state index contributed by atoms with van der Waals surface area (Å²) < 4.78 is 27.6. The molecule has 0 saturated heterocycles. The van der Waals surface area contributed by atoms with Gasteiger partial charge in [-0.05, 0) is 38.1 Å².